The van der Waals surface area contributed by atoms with E-state index in [1.807, 2.05) is 0 Å². The molecule has 0 radical (unpaired) electrons. The van der Waals surface area contributed by atoms with Crippen LogP contribution in [0.1, 0.15) is 19.8 Å². The lowest BCUT2D eigenvalue weighted by molar-refractivity contribution is 0.0259. The van der Waals surface area contributed by atoms with Crippen molar-refractivity contribution in [3.63, 3.8) is 0 Å². The molecule has 1 fully saturated rings. The Hall–Kier alpha value is -0.160. The van der Waals surface area contributed by atoms with E-state index in [-0.39, 0.29) is 6.61 Å². The molecule has 4 N–H and O–H groups in total. The van der Waals surface area contributed by atoms with Crippen molar-refractivity contribution in [3.8, 4) is 0 Å². The highest BCUT2D eigenvalue weighted by Crippen LogP contribution is 2.20. The lowest BCUT2D eigenvalue weighted by atomic mass is 9.93. The summed E-state index contributed by atoms with van der Waals surface area (Å²) in [6.07, 6.45) is 1.71. The molecular weight excluding hydrogens is 180 g/mol. The molecule has 0 aromatic carbocycles. The van der Waals surface area contributed by atoms with Crippen LogP contribution in [0.4, 0.5) is 0 Å². The zero-order valence-electron chi connectivity index (χ0n) is 8.89. The Balaban J connectivity index is 2.40. The highest BCUT2D eigenvalue weighted by Gasteiger charge is 2.25. The van der Waals surface area contributed by atoms with Gasteiger partial charge in [-0.25, -0.2) is 0 Å². The maximum atomic E-state index is 9.36. The molecule has 0 amide bonds. The van der Waals surface area contributed by atoms with Crippen LogP contribution in [0.15, 0.2) is 0 Å². The molecule has 0 aliphatic carbocycles. The average molecular weight is 202 g/mol. The zero-order chi connectivity index (χ0) is 10.6. The summed E-state index contributed by atoms with van der Waals surface area (Å²) in [5.74, 6) is 0.553. The fraction of sp³-hybridized carbons (Fsp3) is 1.00. The molecule has 0 aromatic heterocycles. The summed E-state index contributed by atoms with van der Waals surface area (Å²) >= 11 is 0. The van der Waals surface area contributed by atoms with E-state index in [2.05, 4.69) is 11.8 Å². The summed E-state index contributed by atoms with van der Waals surface area (Å²) in [4.78, 5) is 2.22. The van der Waals surface area contributed by atoms with Gasteiger partial charge in [-0.05, 0) is 32.2 Å². The lowest BCUT2D eigenvalue weighted by Crippen LogP contribution is -2.47. The molecule has 1 saturated heterocycles. The Labute approximate surface area is 85.7 Å². The number of hydrogen-bond donors (Lipinski definition) is 3. The minimum absolute atomic E-state index is 0.156. The number of hydrogen-bond acceptors (Lipinski definition) is 4. The predicted octanol–water partition coefficient (Wildman–Crippen LogP) is -0.601. The quantitative estimate of drug-likeness (QED) is 0.569. The number of aliphatic hydroxyl groups is 2. The van der Waals surface area contributed by atoms with Gasteiger partial charge in [0.25, 0.3) is 0 Å². The van der Waals surface area contributed by atoms with Gasteiger partial charge in [-0.1, -0.05) is 0 Å². The van der Waals surface area contributed by atoms with E-state index in [0.29, 0.717) is 18.5 Å². The van der Waals surface area contributed by atoms with Crippen LogP contribution in [-0.2, 0) is 0 Å². The normalized spacial score (nSPS) is 31.7. The van der Waals surface area contributed by atoms with Gasteiger partial charge in [0.2, 0.25) is 0 Å². The molecule has 0 saturated carbocycles. The molecule has 0 aromatic rings. The topological polar surface area (TPSA) is 69.7 Å². The molecule has 84 valence electrons. The van der Waals surface area contributed by atoms with E-state index in [9.17, 15) is 5.11 Å². The van der Waals surface area contributed by atoms with Crippen LogP contribution in [0.2, 0.25) is 0 Å². The van der Waals surface area contributed by atoms with Gasteiger partial charge in [-0.2, -0.15) is 0 Å². The first-order chi connectivity index (χ1) is 6.67. The van der Waals surface area contributed by atoms with E-state index in [0.717, 1.165) is 19.5 Å². The maximum absolute atomic E-state index is 9.36. The maximum Gasteiger partial charge on any atom is 0.0897 e. The summed E-state index contributed by atoms with van der Waals surface area (Å²) in [5.41, 5.74) is 5.64. The van der Waals surface area contributed by atoms with Crippen LogP contribution in [0.3, 0.4) is 0 Å². The van der Waals surface area contributed by atoms with E-state index in [1.54, 1.807) is 0 Å². The van der Waals surface area contributed by atoms with Gasteiger partial charge < -0.3 is 15.9 Å². The second kappa shape index (κ2) is 5.66. The molecule has 0 bridgehead atoms. The Kier molecular flexibility index (Phi) is 4.81. The van der Waals surface area contributed by atoms with Crippen LogP contribution in [-0.4, -0.2) is 53.5 Å². The smallest absolute Gasteiger partial charge is 0.0897 e. The van der Waals surface area contributed by atoms with Crippen LogP contribution in [0.5, 0.6) is 0 Å². The molecular formula is C10H22N2O2. The zero-order valence-corrected chi connectivity index (χ0v) is 8.89. The second-order valence-corrected chi connectivity index (χ2v) is 4.32. The third-order valence-electron chi connectivity index (χ3n) is 3.10. The van der Waals surface area contributed by atoms with Gasteiger partial charge in [0.05, 0.1) is 12.7 Å². The van der Waals surface area contributed by atoms with Crippen molar-refractivity contribution in [2.45, 2.75) is 31.9 Å². The Bertz CT molecular complexity index is 164. The first-order valence-corrected chi connectivity index (χ1v) is 5.40. The van der Waals surface area contributed by atoms with Crippen LogP contribution in [0.25, 0.3) is 0 Å². The first-order valence-electron chi connectivity index (χ1n) is 5.40. The molecule has 1 heterocycles. The van der Waals surface area contributed by atoms with Gasteiger partial charge in [0.15, 0.2) is 0 Å². The highest BCUT2D eigenvalue weighted by molar-refractivity contribution is 4.80. The van der Waals surface area contributed by atoms with Crippen molar-refractivity contribution in [1.82, 2.24) is 4.90 Å². The number of rotatable bonds is 4. The summed E-state index contributed by atoms with van der Waals surface area (Å²) < 4.78 is 0. The third kappa shape index (κ3) is 3.20. The summed E-state index contributed by atoms with van der Waals surface area (Å²) in [6, 6.07) is 0.499. The van der Waals surface area contributed by atoms with Gasteiger partial charge in [0, 0.05) is 19.1 Å². The molecule has 14 heavy (non-hydrogen) atoms. The van der Waals surface area contributed by atoms with Crippen molar-refractivity contribution in [1.29, 1.82) is 0 Å². The van der Waals surface area contributed by atoms with E-state index >= 15 is 0 Å². The molecule has 4 heteroatoms. The minimum Gasteiger partial charge on any atom is -0.394 e. The highest BCUT2D eigenvalue weighted by atomic mass is 16.3. The van der Waals surface area contributed by atoms with Gasteiger partial charge in [0.1, 0.15) is 0 Å². The first kappa shape index (κ1) is 11.9. The average Bonchev–Trinajstić information content (AvgIpc) is 2.21. The molecule has 1 rings (SSSR count). The van der Waals surface area contributed by atoms with Crippen molar-refractivity contribution < 1.29 is 10.2 Å². The Morgan fingerprint density at radius 3 is 2.79 bits per heavy atom. The van der Waals surface area contributed by atoms with Gasteiger partial charge >= 0.3 is 0 Å². The fourth-order valence-electron chi connectivity index (χ4n) is 2.04. The van der Waals surface area contributed by atoms with E-state index < -0.39 is 6.10 Å². The summed E-state index contributed by atoms with van der Waals surface area (Å²) in [5, 5.41) is 18.1. The molecule has 3 unspecified atom stereocenters. The summed E-state index contributed by atoms with van der Waals surface area (Å²) in [7, 11) is 0. The SMILES string of the molecule is CC1CCC(CN)CN1CC(O)CO. The van der Waals surface area contributed by atoms with Crippen molar-refractivity contribution >= 4 is 0 Å². The van der Waals surface area contributed by atoms with E-state index in [4.69, 9.17) is 10.8 Å². The van der Waals surface area contributed by atoms with Crippen LogP contribution in [0, 0.1) is 5.92 Å². The number of aliphatic hydroxyl groups excluding tert-OH is 2. The molecule has 1 aliphatic rings. The predicted molar refractivity (Wildman–Crippen MR) is 55.9 cm³/mol. The number of nitrogens with two attached hydrogens (primary N) is 1. The number of piperidine rings is 1. The number of nitrogens with zero attached hydrogens (tertiary/aromatic N) is 1. The molecule has 0 spiro atoms. The van der Waals surface area contributed by atoms with E-state index in [1.165, 1.54) is 6.42 Å². The van der Waals surface area contributed by atoms with Gasteiger partial charge in [-0.15, -0.1) is 0 Å². The standard InChI is InChI=1S/C10H22N2O2/c1-8-2-3-9(4-11)5-12(8)6-10(14)7-13/h8-10,13-14H,2-7,11H2,1H3. The van der Waals surface area contributed by atoms with Gasteiger partial charge in [-0.3, -0.25) is 4.90 Å². The number of β-amino-alcohol motifs (C(OH)–C–C–N with tert-alkyl or cyclic N) is 1. The number of likely N-dealkylation sites (tertiary alicyclic amines) is 1. The molecule has 3 atom stereocenters. The van der Waals surface area contributed by atoms with Crippen molar-refractivity contribution in [2.24, 2.45) is 11.7 Å². The largest absolute Gasteiger partial charge is 0.394 e. The Morgan fingerprint density at radius 2 is 2.21 bits per heavy atom. The van der Waals surface area contributed by atoms with Crippen LogP contribution >= 0.6 is 0 Å². The third-order valence-corrected chi connectivity index (χ3v) is 3.10. The second-order valence-electron chi connectivity index (χ2n) is 4.32. The lowest BCUT2D eigenvalue weighted by Gasteiger charge is -2.38. The summed E-state index contributed by atoms with van der Waals surface area (Å²) in [6.45, 7) is 4.24. The van der Waals surface area contributed by atoms with Crippen molar-refractivity contribution in [3.05, 3.63) is 0 Å². The van der Waals surface area contributed by atoms with Crippen LogP contribution < -0.4 is 5.73 Å². The minimum atomic E-state index is -0.617. The fourth-order valence-corrected chi connectivity index (χ4v) is 2.04. The monoisotopic (exact) mass is 202 g/mol. The van der Waals surface area contributed by atoms with Crippen molar-refractivity contribution in [2.75, 3.05) is 26.2 Å². The molecule has 1 aliphatic heterocycles. The molecule has 4 nitrogen and oxygen atoms in total. The Morgan fingerprint density at radius 1 is 1.50 bits per heavy atom.